The standard InChI is InChI=1S/C12H19FN2O/c1-3-14-9-10-5-4-6-11(13)12(10)15(2)7-8-16/h4-6,14,16H,3,7-9H2,1-2H3. The van der Waals surface area contributed by atoms with Gasteiger partial charge in [-0.2, -0.15) is 0 Å². The van der Waals surface area contributed by atoms with Crippen LogP contribution in [0.25, 0.3) is 0 Å². The first kappa shape index (κ1) is 12.9. The summed E-state index contributed by atoms with van der Waals surface area (Å²) in [4.78, 5) is 1.74. The van der Waals surface area contributed by atoms with Crippen molar-refractivity contribution < 1.29 is 9.50 Å². The summed E-state index contributed by atoms with van der Waals surface area (Å²) in [6.45, 7) is 3.95. The smallest absolute Gasteiger partial charge is 0.146 e. The first-order valence-electron chi connectivity index (χ1n) is 5.50. The molecule has 0 aliphatic heterocycles. The number of anilines is 1. The van der Waals surface area contributed by atoms with Gasteiger partial charge in [-0.05, 0) is 18.2 Å². The van der Waals surface area contributed by atoms with Crippen molar-refractivity contribution in [1.82, 2.24) is 5.32 Å². The maximum Gasteiger partial charge on any atom is 0.146 e. The first-order chi connectivity index (χ1) is 7.70. The molecule has 0 aliphatic carbocycles. The van der Waals surface area contributed by atoms with Gasteiger partial charge in [0.05, 0.1) is 12.3 Å². The number of benzene rings is 1. The Morgan fingerprint density at radius 1 is 1.44 bits per heavy atom. The van der Waals surface area contributed by atoms with Gasteiger partial charge in [0, 0.05) is 20.1 Å². The molecule has 1 rings (SSSR count). The number of aliphatic hydroxyl groups excluding tert-OH is 1. The van der Waals surface area contributed by atoms with Gasteiger partial charge in [0.2, 0.25) is 0 Å². The molecule has 3 nitrogen and oxygen atoms in total. The van der Waals surface area contributed by atoms with Gasteiger partial charge in [-0.25, -0.2) is 4.39 Å². The molecule has 90 valence electrons. The van der Waals surface area contributed by atoms with Gasteiger partial charge in [0.15, 0.2) is 0 Å². The quantitative estimate of drug-likeness (QED) is 0.769. The number of rotatable bonds is 6. The van der Waals surface area contributed by atoms with E-state index in [9.17, 15) is 4.39 Å². The lowest BCUT2D eigenvalue weighted by atomic mass is 10.1. The minimum absolute atomic E-state index is 0.0193. The van der Waals surface area contributed by atoms with E-state index in [1.54, 1.807) is 18.0 Å². The number of hydrogen-bond donors (Lipinski definition) is 2. The van der Waals surface area contributed by atoms with Gasteiger partial charge in [-0.3, -0.25) is 0 Å². The number of nitrogens with one attached hydrogen (secondary N) is 1. The highest BCUT2D eigenvalue weighted by Gasteiger charge is 2.11. The first-order valence-corrected chi connectivity index (χ1v) is 5.50. The van der Waals surface area contributed by atoms with Crippen LogP contribution in [0.1, 0.15) is 12.5 Å². The van der Waals surface area contributed by atoms with Crippen molar-refractivity contribution in [3.05, 3.63) is 29.6 Å². The molecule has 0 spiro atoms. The van der Waals surface area contributed by atoms with E-state index in [0.717, 1.165) is 12.1 Å². The average Bonchev–Trinajstić information content (AvgIpc) is 2.26. The molecule has 0 aliphatic rings. The van der Waals surface area contributed by atoms with Crippen molar-refractivity contribution in [2.24, 2.45) is 0 Å². The van der Waals surface area contributed by atoms with Crippen molar-refractivity contribution in [3.8, 4) is 0 Å². The van der Waals surface area contributed by atoms with Gasteiger partial charge in [-0.1, -0.05) is 19.1 Å². The third-order valence-corrected chi connectivity index (χ3v) is 2.45. The lowest BCUT2D eigenvalue weighted by Gasteiger charge is -2.22. The van der Waals surface area contributed by atoms with E-state index < -0.39 is 0 Å². The number of hydrogen-bond acceptors (Lipinski definition) is 3. The highest BCUT2D eigenvalue weighted by atomic mass is 19.1. The van der Waals surface area contributed by atoms with E-state index in [0.29, 0.717) is 18.8 Å². The van der Waals surface area contributed by atoms with Crippen molar-refractivity contribution in [2.45, 2.75) is 13.5 Å². The molecular weight excluding hydrogens is 207 g/mol. The highest BCUT2D eigenvalue weighted by molar-refractivity contribution is 5.54. The minimum atomic E-state index is -0.244. The summed E-state index contributed by atoms with van der Waals surface area (Å²) in [5, 5.41) is 12.0. The minimum Gasteiger partial charge on any atom is -0.395 e. The Labute approximate surface area is 95.9 Å². The number of nitrogens with zero attached hydrogens (tertiary/aromatic N) is 1. The molecule has 0 unspecified atom stereocenters. The monoisotopic (exact) mass is 226 g/mol. The zero-order chi connectivity index (χ0) is 12.0. The largest absolute Gasteiger partial charge is 0.395 e. The van der Waals surface area contributed by atoms with E-state index in [-0.39, 0.29) is 12.4 Å². The molecule has 4 heteroatoms. The van der Waals surface area contributed by atoms with Gasteiger partial charge >= 0.3 is 0 Å². The van der Waals surface area contributed by atoms with Gasteiger partial charge in [0.25, 0.3) is 0 Å². The summed E-state index contributed by atoms with van der Waals surface area (Å²) in [6.07, 6.45) is 0. The van der Waals surface area contributed by atoms with Crippen molar-refractivity contribution in [3.63, 3.8) is 0 Å². The van der Waals surface area contributed by atoms with Crippen LogP contribution < -0.4 is 10.2 Å². The van der Waals surface area contributed by atoms with E-state index >= 15 is 0 Å². The normalized spacial score (nSPS) is 10.5. The van der Waals surface area contributed by atoms with Crippen molar-refractivity contribution in [1.29, 1.82) is 0 Å². The number of likely N-dealkylation sites (N-methyl/N-ethyl adjacent to an activating group) is 1. The summed E-state index contributed by atoms with van der Waals surface area (Å²) in [6, 6.07) is 5.05. The van der Waals surface area contributed by atoms with Gasteiger partial charge < -0.3 is 15.3 Å². The summed E-state index contributed by atoms with van der Waals surface area (Å²) < 4.78 is 13.7. The fourth-order valence-corrected chi connectivity index (χ4v) is 1.65. The summed E-state index contributed by atoms with van der Waals surface area (Å²) in [5.74, 6) is -0.244. The Morgan fingerprint density at radius 2 is 2.19 bits per heavy atom. The molecule has 0 heterocycles. The Balaban J connectivity index is 2.93. The lowest BCUT2D eigenvalue weighted by Crippen LogP contribution is -2.25. The molecule has 0 amide bonds. The second kappa shape index (κ2) is 6.45. The predicted molar refractivity (Wildman–Crippen MR) is 64.1 cm³/mol. The van der Waals surface area contributed by atoms with Gasteiger partial charge in [0.1, 0.15) is 5.82 Å². The molecule has 0 aromatic heterocycles. The Bertz CT molecular complexity index is 331. The van der Waals surface area contributed by atoms with Crippen LogP contribution in [0.2, 0.25) is 0 Å². The number of para-hydroxylation sites is 1. The average molecular weight is 226 g/mol. The third-order valence-electron chi connectivity index (χ3n) is 2.45. The molecule has 0 fully saturated rings. The lowest BCUT2D eigenvalue weighted by molar-refractivity contribution is 0.303. The summed E-state index contributed by atoms with van der Waals surface area (Å²) in [7, 11) is 1.78. The van der Waals surface area contributed by atoms with Gasteiger partial charge in [-0.15, -0.1) is 0 Å². The van der Waals surface area contributed by atoms with Crippen molar-refractivity contribution >= 4 is 5.69 Å². The zero-order valence-corrected chi connectivity index (χ0v) is 9.83. The molecule has 0 atom stereocenters. The molecule has 16 heavy (non-hydrogen) atoms. The molecule has 0 saturated carbocycles. The SMILES string of the molecule is CCNCc1cccc(F)c1N(C)CCO. The van der Waals surface area contributed by atoms with E-state index in [2.05, 4.69) is 5.32 Å². The second-order valence-electron chi connectivity index (χ2n) is 3.67. The Kier molecular flexibility index (Phi) is 5.22. The summed E-state index contributed by atoms with van der Waals surface area (Å²) >= 11 is 0. The highest BCUT2D eigenvalue weighted by Crippen LogP contribution is 2.23. The van der Waals surface area contributed by atoms with Crippen LogP contribution in [-0.4, -0.2) is 31.9 Å². The molecule has 0 bridgehead atoms. The zero-order valence-electron chi connectivity index (χ0n) is 9.83. The molecule has 0 saturated heterocycles. The maximum atomic E-state index is 13.7. The van der Waals surface area contributed by atoms with Crippen LogP contribution in [0.5, 0.6) is 0 Å². The van der Waals surface area contributed by atoms with E-state index in [1.165, 1.54) is 6.07 Å². The van der Waals surface area contributed by atoms with Crippen LogP contribution in [0.3, 0.4) is 0 Å². The Morgan fingerprint density at radius 3 is 2.81 bits per heavy atom. The number of aliphatic hydroxyl groups is 1. The predicted octanol–water partition coefficient (Wildman–Crippen LogP) is 1.36. The fraction of sp³-hybridized carbons (Fsp3) is 0.500. The molecular formula is C12H19FN2O. The topological polar surface area (TPSA) is 35.5 Å². The van der Waals surface area contributed by atoms with Crippen LogP contribution >= 0.6 is 0 Å². The van der Waals surface area contributed by atoms with Crippen LogP contribution in [0.4, 0.5) is 10.1 Å². The third kappa shape index (κ3) is 3.18. The molecule has 1 aromatic rings. The number of halogens is 1. The summed E-state index contributed by atoms with van der Waals surface area (Å²) in [5.41, 5.74) is 1.48. The van der Waals surface area contributed by atoms with Crippen LogP contribution in [0, 0.1) is 5.82 Å². The molecule has 0 radical (unpaired) electrons. The van der Waals surface area contributed by atoms with E-state index in [4.69, 9.17) is 5.11 Å². The van der Waals surface area contributed by atoms with Crippen LogP contribution in [-0.2, 0) is 6.54 Å². The van der Waals surface area contributed by atoms with Crippen molar-refractivity contribution in [2.75, 3.05) is 31.6 Å². The van der Waals surface area contributed by atoms with E-state index in [1.807, 2.05) is 13.0 Å². The van der Waals surface area contributed by atoms with Crippen LogP contribution in [0.15, 0.2) is 18.2 Å². The molecule has 2 N–H and O–H groups in total. The Hall–Kier alpha value is -1.13. The fourth-order valence-electron chi connectivity index (χ4n) is 1.65. The maximum absolute atomic E-state index is 13.7. The molecule has 1 aromatic carbocycles. The second-order valence-corrected chi connectivity index (χ2v) is 3.67.